The SMILES string of the molecule is CCC(OC1CCCCC1)c1nc(COc2ccccc2F)no1. The molecule has 2 aromatic rings. The summed E-state index contributed by atoms with van der Waals surface area (Å²) in [6.45, 7) is 2.09. The lowest BCUT2D eigenvalue weighted by Gasteiger charge is -2.25. The van der Waals surface area contributed by atoms with Crippen molar-refractivity contribution in [2.45, 2.75) is 64.3 Å². The summed E-state index contributed by atoms with van der Waals surface area (Å²) in [6, 6.07) is 6.24. The van der Waals surface area contributed by atoms with Crippen molar-refractivity contribution in [3.63, 3.8) is 0 Å². The predicted molar refractivity (Wildman–Crippen MR) is 86.0 cm³/mol. The number of para-hydroxylation sites is 1. The van der Waals surface area contributed by atoms with E-state index < -0.39 is 5.82 Å². The summed E-state index contributed by atoms with van der Waals surface area (Å²) in [4.78, 5) is 4.34. The lowest BCUT2D eigenvalue weighted by molar-refractivity contribution is -0.0468. The van der Waals surface area contributed by atoms with E-state index >= 15 is 0 Å². The lowest BCUT2D eigenvalue weighted by Crippen LogP contribution is -2.19. The highest BCUT2D eigenvalue weighted by molar-refractivity contribution is 5.23. The third-order valence-corrected chi connectivity index (χ3v) is 4.23. The molecule has 6 heteroatoms. The van der Waals surface area contributed by atoms with Gasteiger partial charge in [0.05, 0.1) is 6.10 Å². The maximum atomic E-state index is 13.5. The number of nitrogens with zero attached hydrogens (tertiary/aromatic N) is 2. The van der Waals surface area contributed by atoms with Crippen LogP contribution in [0.3, 0.4) is 0 Å². The molecule has 0 aliphatic heterocycles. The number of benzene rings is 1. The molecule has 130 valence electrons. The molecular weight excluding hydrogens is 311 g/mol. The van der Waals surface area contributed by atoms with Crippen LogP contribution in [0.4, 0.5) is 4.39 Å². The molecule has 1 saturated carbocycles. The third kappa shape index (κ3) is 4.32. The Hall–Kier alpha value is -1.95. The zero-order valence-electron chi connectivity index (χ0n) is 13.9. The second-order valence-corrected chi connectivity index (χ2v) is 6.06. The van der Waals surface area contributed by atoms with E-state index in [1.165, 1.54) is 25.3 Å². The maximum absolute atomic E-state index is 13.5. The first-order chi connectivity index (χ1) is 11.8. The van der Waals surface area contributed by atoms with Crippen molar-refractivity contribution < 1.29 is 18.4 Å². The first-order valence-corrected chi connectivity index (χ1v) is 8.61. The van der Waals surface area contributed by atoms with Crippen LogP contribution in [-0.4, -0.2) is 16.2 Å². The van der Waals surface area contributed by atoms with Crippen LogP contribution < -0.4 is 4.74 Å². The van der Waals surface area contributed by atoms with Gasteiger partial charge in [0.15, 0.2) is 18.2 Å². The minimum atomic E-state index is -0.409. The molecule has 0 amide bonds. The Balaban J connectivity index is 1.58. The van der Waals surface area contributed by atoms with Gasteiger partial charge in [-0.25, -0.2) is 4.39 Å². The van der Waals surface area contributed by atoms with Gasteiger partial charge in [0.1, 0.15) is 6.10 Å². The Bertz CT molecular complexity index is 641. The van der Waals surface area contributed by atoms with Crippen molar-refractivity contribution in [2.24, 2.45) is 0 Å². The fourth-order valence-corrected chi connectivity index (χ4v) is 2.92. The van der Waals surface area contributed by atoms with Crippen molar-refractivity contribution in [2.75, 3.05) is 0 Å². The van der Waals surface area contributed by atoms with E-state index in [4.69, 9.17) is 14.0 Å². The quantitative estimate of drug-likeness (QED) is 0.741. The lowest BCUT2D eigenvalue weighted by atomic mass is 9.97. The highest BCUT2D eigenvalue weighted by Crippen LogP contribution is 2.28. The standard InChI is InChI=1S/C18H23FN2O3/c1-2-15(23-13-8-4-3-5-9-13)18-20-17(21-24-18)12-22-16-11-7-6-10-14(16)19/h6-7,10-11,13,15H,2-5,8-9,12H2,1H3. The number of ether oxygens (including phenoxy) is 2. The van der Waals surface area contributed by atoms with Crippen molar-refractivity contribution in [1.82, 2.24) is 10.1 Å². The zero-order valence-corrected chi connectivity index (χ0v) is 13.9. The van der Waals surface area contributed by atoms with Crippen LogP contribution in [-0.2, 0) is 11.3 Å². The van der Waals surface area contributed by atoms with Crippen LogP contribution >= 0.6 is 0 Å². The molecule has 3 rings (SSSR count). The molecule has 0 saturated heterocycles. The number of hydrogen-bond acceptors (Lipinski definition) is 5. The van der Waals surface area contributed by atoms with Crippen LogP contribution in [0, 0.1) is 5.82 Å². The van der Waals surface area contributed by atoms with Crippen LogP contribution in [0.15, 0.2) is 28.8 Å². The van der Waals surface area contributed by atoms with Crippen molar-refractivity contribution in [3.8, 4) is 5.75 Å². The number of rotatable bonds is 7. The monoisotopic (exact) mass is 334 g/mol. The van der Waals surface area contributed by atoms with E-state index in [1.54, 1.807) is 18.2 Å². The molecular formula is C18H23FN2O3. The summed E-state index contributed by atoms with van der Waals surface area (Å²) in [5.74, 6) is 0.622. The van der Waals surface area contributed by atoms with Gasteiger partial charge in [-0.3, -0.25) is 0 Å². The molecule has 1 atom stereocenters. The Morgan fingerprint density at radius 2 is 2.04 bits per heavy atom. The van der Waals surface area contributed by atoms with E-state index in [1.807, 2.05) is 6.92 Å². The fraction of sp³-hybridized carbons (Fsp3) is 0.556. The second kappa shape index (κ2) is 8.24. The molecule has 0 bridgehead atoms. The van der Waals surface area contributed by atoms with Gasteiger partial charge in [-0.05, 0) is 31.4 Å². The van der Waals surface area contributed by atoms with E-state index in [0.29, 0.717) is 11.7 Å². The second-order valence-electron chi connectivity index (χ2n) is 6.06. The van der Waals surface area contributed by atoms with Gasteiger partial charge in [0, 0.05) is 0 Å². The molecule has 1 heterocycles. The molecule has 0 spiro atoms. The Morgan fingerprint density at radius 1 is 1.25 bits per heavy atom. The molecule has 24 heavy (non-hydrogen) atoms. The van der Waals surface area contributed by atoms with Crippen molar-refractivity contribution in [3.05, 3.63) is 41.8 Å². The molecule has 5 nitrogen and oxygen atoms in total. The van der Waals surface area contributed by atoms with Crippen molar-refractivity contribution >= 4 is 0 Å². The Labute approximate surface area is 141 Å². The Morgan fingerprint density at radius 3 is 2.79 bits per heavy atom. The summed E-state index contributed by atoms with van der Waals surface area (Å²) in [5.41, 5.74) is 0. The minimum Gasteiger partial charge on any atom is -0.482 e. The smallest absolute Gasteiger partial charge is 0.255 e. The maximum Gasteiger partial charge on any atom is 0.255 e. The average molecular weight is 334 g/mol. The van der Waals surface area contributed by atoms with E-state index in [-0.39, 0.29) is 24.6 Å². The van der Waals surface area contributed by atoms with E-state index in [9.17, 15) is 4.39 Å². The summed E-state index contributed by atoms with van der Waals surface area (Å²) in [5, 5.41) is 3.91. The first kappa shape index (κ1) is 16.9. The number of halogens is 1. The minimum absolute atomic E-state index is 0.0598. The third-order valence-electron chi connectivity index (χ3n) is 4.23. The number of aromatic nitrogens is 2. The molecule has 1 aromatic heterocycles. The average Bonchev–Trinajstić information content (AvgIpc) is 3.09. The largest absolute Gasteiger partial charge is 0.482 e. The summed E-state index contributed by atoms with van der Waals surface area (Å²) >= 11 is 0. The van der Waals surface area contributed by atoms with E-state index in [2.05, 4.69) is 10.1 Å². The van der Waals surface area contributed by atoms with Gasteiger partial charge in [0.25, 0.3) is 5.89 Å². The van der Waals surface area contributed by atoms with Gasteiger partial charge in [0.2, 0.25) is 5.82 Å². The summed E-state index contributed by atoms with van der Waals surface area (Å²) in [6.07, 6.45) is 6.75. The highest BCUT2D eigenvalue weighted by atomic mass is 19.1. The molecule has 0 radical (unpaired) electrons. The van der Waals surface area contributed by atoms with Gasteiger partial charge in [-0.2, -0.15) is 4.98 Å². The molecule has 0 N–H and O–H groups in total. The topological polar surface area (TPSA) is 57.4 Å². The molecule has 1 fully saturated rings. The molecule has 1 aromatic carbocycles. The summed E-state index contributed by atoms with van der Waals surface area (Å²) in [7, 11) is 0. The van der Waals surface area contributed by atoms with E-state index in [0.717, 1.165) is 19.3 Å². The van der Waals surface area contributed by atoms with Gasteiger partial charge in [-0.1, -0.05) is 43.5 Å². The van der Waals surface area contributed by atoms with Crippen LogP contribution in [0.2, 0.25) is 0 Å². The zero-order chi connectivity index (χ0) is 16.8. The number of hydrogen-bond donors (Lipinski definition) is 0. The van der Waals surface area contributed by atoms with Crippen LogP contribution in [0.1, 0.15) is 63.3 Å². The van der Waals surface area contributed by atoms with Crippen LogP contribution in [0.25, 0.3) is 0 Å². The van der Waals surface area contributed by atoms with Gasteiger partial charge < -0.3 is 14.0 Å². The van der Waals surface area contributed by atoms with Crippen molar-refractivity contribution in [1.29, 1.82) is 0 Å². The van der Waals surface area contributed by atoms with Gasteiger partial charge in [-0.15, -0.1) is 0 Å². The predicted octanol–water partition coefficient (Wildman–Crippen LogP) is 4.59. The molecule has 1 aliphatic rings. The molecule has 1 aliphatic carbocycles. The summed E-state index contributed by atoms with van der Waals surface area (Å²) < 4.78 is 30.4. The van der Waals surface area contributed by atoms with Crippen LogP contribution in [0.5, 0.6) is 5.75 Å². The molecule has 1 unspecified atom stereocenters. The first-order valence-electron chi connectivity index (χ1n) is 8.61. The fourth-order valence-electron chi connectivity index (χ4n) is 2.92. The normalized spacial score (nSPS) is 16.9. The Kier molecular flexibility index (Phi) is 5.80. The van der Waals surface area contributed by atoms with Gasteiger partial charge >= 0.3 is 0 Å². The highest BCUT2D eigenvalue weighted by Gasteiger charge is 2.24.